The second-order valence-corrected chi connectivity index (χ2v) is 6.03. The van der Waals surface area contributed by atoms with E-state index in [0.717, 1.165) is 19.4 Å². The molecule has 2 rings (SSSR count). The fourth-order valence-electron chi connectivity index (χ4n) is 2.33. The van der Waals surface area contributed by atoms with Gasteiger partial charge in [-0.05, 0) is 24.6 Å². The number of rotatable bonds is 5. The van der Waals surface area contributed by atoms with Crippen LogP contribution in [0.1, 0.15) is 26.2 Å². The first kappa shape index (κ1) is 16.1. The lowest BCUT2D eigenvalue weighted by atomic mass is 10.1. The number of hydrogen-bond acceptors (Lipinski definition) is 2. The minimum atomic E-state index is -0.302. The second kappa shape index (κ2) is 7.14. The summed E-state index contributed by atoms with van der Waals surface area (Å²) in [5.74, 6) is -0.401. The van der Waals surface area contributed by atoms with Crippen molar-refractivity contribution in [1.82, 2.24) is 4.90 Å². The zero-order valence-electron chi connectivity index (χ0n) is 11.9. The van der Waals surface area contributed by atoms with E-state index >= 15 is 0 Å². The maximum absolute atomic E-state index is 12.2. The van der Waals surface area contributed by atoms with Crippen LogP contribution in [0.15, 0.2) is 18.2 Å². The molecule has 0 aliphatic carbocycles. The average Bonchev–Trinajstić information content (AvgIpc) is 2.82. The van der Waals surface area contributed by atoms with Gasteiger partial charge in [-0.2, -0.15) is 0 Å². The summed E-state index contributed by atoms with van der Waals surface area (Å²) in [5, 5.41) is 3.62. The van der Waals surface area contributed by atoms with Gasteiger partial charge in [-0.1, -0.05) is 36.5 Å². The third kappa shape index (κ3) is 4.11. The maximum atomic E-state index is 12.2. The Morgan fingerprint density at radius 3 is 2.81 bits per heavy atom. The Balaban J connectivity index is 1.95. The van der Waals surface area contributed by atoms with Gasteiger partial charge in [-0.3, -0.25) is 9.59 Å². The summed E-state index contributed by atoms with van der Waals surface area (Å²) in [4.78, 5) is 25.8. The molecular formula is C15H18Cl2N2O2. The van der Waals surface area contributed by atoms with Crippen molar-refractivity contribution >= 4 is 40.7 Å². The van der Waals surface area contributed by atoms with Gasteiger partial charge < -0.3 is 10.2 Å². The molecule has 4 nitrogen and oxygen atoms in total. The van der Waals surface area contributed by atoms with Gasteiger partial charge in [-0.15, -0.1) is 0 Å². The van der Waals surface area contributed by atoms with Gasteiger partial charge in [0, 0.05) is 25.2 Å². The first-order valence-electron chi connectivity index (χ1n) is 7.05. The zero-order valence-corrected chi connectivity index (χ0v) is 13.4. The van der Waals surface area contributed by atoms with E-state index in [1.165, 1.54) is 0 Å². The predicted octanol–water partition coefficient (Wildman–Crippen LogP) is 3.58. The van der Waals surface area contributed by atoms with Gasteiger partial charge in [-0.25, -0.2) is 0 Å². The van der Waals surface area contributed by atoms with Crippen molar-refractivity contribution in [1.29, 1.82) is 0 Å². The molecule has 1 saturated heterocycles. The monoisotopic (exact) mass is 328 g/mol. The third-order valence-corrected chi connectivity index (χ3v) is 4.29. The molecule has 1 atom stereocenters. The number of nitrogens with one attached hydrogen (secondary N) is 1. The third-order valence-electron chi connectivity index (χ3n) is 3.55. The maximum Gasteiger partial charge on any atom is 0.229 e. The van der Waals surface area contributed by atoms with Gasteiger partial charge in [0.1, 0.15) is 0 Å². The Morgan fingerprint density at radius 1 is 1.38 bits per heavy atom. The summed E-state index contributed by atoms with van der Waals surface area (Å²) in [5.41, 5.74) is 0.592. The molecule has 0 radical (unpaired) electrons. The van der Waals surface area contributed by atoms with E-state index in [-0.39, 0.29) is 24.2 Å². The molecule has 1 aliphatic rings. The van der Waals surface area contributed by atoms with Gasteiger partial charge in [0.15, 0.2) is 0 Å². The van der Waals surface area contributed by atoms with Crippen molar-refractivity contribution in [2.75, 3.05) is 18.4 Å². The van der Waals surface area contributed by atoms with E-state index in [0.29, 0.717) is 22.3 Å². The first-order chi connectivity index (χ1) is 10.0. The number of anilines is 1. The lowest BCUT2D eigenvalue weighted by molar-refractivity contribution is -0.128. The molecular weight excluding hydrogens is 311 g/mol. The summed E-state index contributed by atoms with van der Waals surface area (Å²) >= 11 is 11.7. The number of likely N-dealkylation sites (tertiary alicyclic amines) is 1. The van der Waals surface area contributed by atoms with Crippen LogP contribution in [0.25, 0.3) is 0 Å². The lowest BCUT2D eigenvalue weighted by Crippen LogP contribution is -2.29. The van der Waals surface area contributed by atoms with Crippen molar-refractivity contribution in [2.45, 2.75) is 26.2 Å². The smallest absolute Gasteiger partial charge is 0.229 e. The van der Waals surface area contributed by atoms with E-state index < -0.39 is 0 Å². The van der Waals surface area contributed by atoms with E-state index in [4.69, 9.17) is 23.2 Å². The van der Waals surface area contributed by atoms with E-state index in [2.05, 4.69) is 12.2 Å². The summed E-state index contributed by atoms with van der Waals surface area (Å²) in [7, 11) is 0. The van der Waals surface area contributed by atoms with Crippen LogP contribution >= 0.6 is 23.2 Å². The molecule has 1 aliphatic heterocycles. The number of unbranched alkanes of at least 4 members (excludes halogenated alkanes) is 1. The molecule has 6 heteroatoms. The number of nitrogens with zero attached hydrogens (tertiary/aromatic N) is 1. The molecule has 1 heterocycles. The number of benzene rings is 1. The predicted molar refractivity (Wildman–Crippen MR) is 84.7 cm³/mol. The molecule has 0 saturated carbocycles. The number of amides is 2. The van der Waals surface area contributed by atoms with Crippen LogP contribution in [0, 0.1) is 5.92 Å². The molecule has 114 valence electrons. The first-order valence-corrected chi connectivity index (χ1v) is 7.80. The molecule has 0 spiro atoms. The summed E-state index contributed by atoms with van der Waals surface area (Å²) in [6.45, 7) is 3.30. The molecule has 21 heavy (non-hydrogen) atoms. The number of carbonyl (C=O) groups excluding carboxylic acids is 2. The van der Waals surface area contributed by atoms with Crippen molar-refractivity contribution in [2.24, 2.45) is 5.92 Å². The summed E-state index contributed by atoms with van der Waals surface area (Å²) < 4.78 is 0. The highest BCUT2D eigenvalue weighted by Crippen LogP contribution is 2.26. The van der Waals surface area contributed by atoms with Crippen LogP contribution in [-0.4, -0.2) is 29.8 Å². The Kier molecular flexibility index (Phi) is 5.48. The topological polar surface area (TPSA) is 49.4 Å². The minimum Gasteiger partial charge on any atom is -0.342 e. The highest BCUT2D eigenvalue weighted by molar-refractivity contribution is 6.42. The fourth-order valence-corrected chi connectivity index (χ4v) is 2.63. The lowest BCUT2D eigenvalue weighted by Gasteiger charge is -2.16. The van der Waals surface area contributed by atoms with Crippen LogP contribution in [0.4, 0.5) is 5.69 Å². The molecule has 1 aromatic carbocycles. The van der Waals surface area contributed by atoms with Crippen molar-refractivity contribution in [3.05, 3.63) is 28.2 Å². The molecule has 2 amide bonds. The molecule has 0 bridgehead atoms. The largest absolute Gasteiger partial charge is 0.342 e. The second-order valence-electron chi connectivity index (χ2n) is 5.21. The van der Waals surface area contributed by atoms with E-state index in [1.807, 2.05) is 0 Å². The summed E-state index contributed by atoms with van der Waals surface area (Å²) in [6, 6.07) is 4.93. The Bertz CT molecular complexity index is 548. The minimum absolute atomic E-state index is 0.0535. The molecule has 1 fully saturated rings. The quantitative estimate of drug-likeness (QED) is 0.898. The van der Waals surface area contributed by atoms with Crippen molar-refractivity contribution < 1.29 is 9.59 Å². The van der Waals surface area contributed by atoms with Gasteiger partial charge >= 0.3 is 0 Å². The normalized spacial score (nSPS) is 18.1. The molecule has 1 N–H and O–H groups in total. The van der Waals surface area contributed by atoms with E-state index in [1.54, 1.807) is 23.1 Å². The Morgan fingerprint density at radius 2 is 2.14 bits per heavy atom. The average molecular weight is 329 g/mol. The number of carbonyl (C=O) groups is 2. The van der Waals surface area contributed by atoms with Crippen LogP contribution in [0.3, 0.4) is 0 Å². The van der Waals surface area contributed by atoms with Crippen molar-refractivity contribution in [3.63, 3.8) is 0 Å². The van der Waals surface area contributed by atoms with Gasteiger partial charge in [0.2, 0.25) is 11.8 Å². The number of hydrogen-bond donors (Lipinski definition) is 1. The van der Waals surface area contributed by atoms with Gasteiger partial charge in [0.25, 0.3) is 0 Å². The Hall–Kier alpha value is -1.26. The molecule has 1 aromatic rings. The van der Waals surface area contributed by atoms with Crippen LogP contribution in [-0.2, 0) is 9.59 Å². The highest BCUT2D eigenvalue weighted by atomic mass is 35.5. The Labute approximate surface area is 134 Å². The molecule has 1 unspecified atom stereocenters. The molecule has 0 aromatic heterocycles. The van der Waals surface area contributed by atoms with Crippen LogP contribution < -0.4 is 5.32 Å². The van der Waals surface area contributed by atoms with Gasteiger partial charge in [0.05, 0.1) is 16.0 Å². The van der Waals surface area contributed by atoms with Crippen LogP contribution in [0.2, 0.25) is 10.0 Å². The standard InChI is InChI=1S/C15H18Cl2N2O2/c1-2-3-6-19-9-10(7-14(19)20)15(21)18-11-4-5-12(16)13(17)8-11/h4-5,8,10H,2-3,6-7,9H2,1H3,(H,18,21). The fraction of sp³-hybridized carbons (Fsp3) is 0.467. The van der Waals surface area contributed by atoms with Crippen molar-refractivity contribution in [3.8, 4) is 0 Å². The SMILES string of the molecule is CCCCN1CC(C(=O)Nc2ccc(Cl)c(Cl)c2)CC1=O. The summed E-state index contributed by atoms with van der Waals surface area (Å²) in [6.07, 6.45) is 2.27. The van der Waals surface area contributed by atoms with E-state index in [9.17, 15) is 9.59 Å². The zero-order chi connectivity index (χ0) is 15.4. The van der Waals surface area contributed by atoms with Crippen LogP contribution in [0.5, 0.6) is 0 Å². The highest BCUT2D eigenvalue weighted by Gasteiger charge is 2.33. The number of halogens is 2.